The van der Waals surface area contributed by atoms with E-state index in [0.717, 1.165) is 0 Å². The molecule has 0 aliphatic carbocycles. The smallest absolute Gasteiger partial charge is 0.188 e. The molecule has 0 aromatic rings. The van der Waals surface area contributed by atoms with Gasteiger partial charge in [-0.2, -0.15) is 0 Å². The summed E-state index contributed by atoms with van der Waals surface area (Å²) in [5.41, 5.74) is 5.57. The molecule has 0 spiro atoms. The Bertz CT molecular complexity index is 165. The van der Waals surface area contributed by atoms with E-state index in [9.17, 15) is 0 Å². The number of ether oxygens (including phenoxy) is 2. The Morgan fingerprint density at radius 2 is 2.00 bits per heavy atom. The summed E-state index contributed by atoms with van der Waals surface area (Å²) in [7, 11) is 1.64. The van der Waals surface area contributed by atoms with Crippen molar-refractivity contribution in [1.29, 1.82) is 0 Å². The zero-order valence-electron chi connectivity index (χ0n) is 9.66. The number of halogens is 1. The minimum Gasteiger partial charge on any atom is -0.382 e. The first kappa shape index (κ1) is 17.3. The molecule has 3 N–H and O–H groups in total. The van der Waals surface area contributed by atoms with E-state index in [1.807, 2.05) is 13.8 Å². The average molecular weight is 331 g/mol. The quantitative estimate of drug-likeness (QED) is 0.310. The molecule has 0 aliphatic heterocycles. The van der Waals surface area contributed by atoms with Crippen LogP contribution in [0, 0.1) is 0 Å². The van der Waals surface area contributed by atoms with Gasteiger partial charge in [0, 0.05) is 13.2 Å². The first-order chi connectivity index (χ1) is 6.66. The summed E-state index contributed by atoms with van der Waals surface area (Å²) < 4.78 is 10.0. The molecule has 0 atom stereocenters. The second-order valence-corrected chi connectivity index (χ2v) is 3.17. The molecule has 0 fully saturated rings. The third-order valence-corrected chi connectivity index (χ3v) is 1.39. The Hall–Kier alpha value is -0.0800. The fourth-order valence-corrected chi connectivity index (χ4v) is 0.816. The van der Waals surface area contributed by atoms with Gasteiger partial charge in [0.1, 0.15) is 0 Å². The van der Waals surface area contributed by atoms with Gasteiger partial charge in [-0.1, -0.05) is 0 Å². The third-order valence-electron chi connectivity index (χ3n) is 1.39. The molecular formula is C9H22IN3O2. The van der Waals surface area contributed by atoms with Crippen molar-refractivity contribution in [3.05, 3.63) is 0 Å². The van der Waals surface area contributed by atoms with E-state index in [2.05, 4.69) is 10.3 Å². The third kappa shape index (κ3) is 13.9. The topological polar surface area (TPSA) is 68.9 Å². The number of nitrogens with two attached hydrogens (primary N) is 1. The van der Waals surface area contributed by atoms with Crippen LogP contribution in [0.3, 0.4) is 0 Å². The van der Waals surface area contributed by atoms with Crippen molar-refractivity contribution in [2.75, 3.05) is 33.5 Å². The largest absolute Gasteiger partial charge is 0.382 e. The summed E-state index contributed by atoms with van der Waals surface area (Å²) in [5.74, 6) is 0.468. The highest BCUT2D eigenvalue weighted by Gasteiger charge is 1.93. The van der Waals surface area contributed by atoms with E-state index in [4.69, 9.17) is 15.2 Å². The maximum Gasteiger partial charge on any atom is 0.188 e. The molecule has 15 heavy (non-hydrogen) atoms. The molecule has 0 saturated carbocycles. The minimum atomic E-state index is 0. The lowest BCUT2D eigenvalue weighted by molar-refractivity contribution is 0.0748. The number of rotatable bonds is 7. The number of hydrogen-bond donors (Lipinski definition) is 2. The molecule has 0 rings (SSSR count). The molecule has 0 bridgehead atoms. The first-order valence-corrected chi connectivity index (χ1v) is 4.80. The van der Waals surface area contributed by atoms with E-state index in [0.29, 0.717) is 38.4 Å². The summed E-state index contributed by atoms with van der Waals surface area (Å²) in [4.78, 5) is 4.08. The maximum atomic E-state index is 5.57. The van der Waals surface area contributed by atoms with Gasteiger partial charge in [0.2, 0.25) is 0 Å². The van der Waals surface area contributed by atoms with Gasteiger partial charge in [-0.15, -0.1) is 24.0 Å². The zero-order chi connectivity index (χ0) is 10.8. The Labute approximate surface area is 109 Å². The van der Waals surface area contributed by atoms with Crippen LogP contribution in [-0.4, -0.2) is 45.5 Å². The van der Waals surface area contributed by atoms with Crippen molar-refractivity contribution >= 4 is 29.9 Å². The highest BCUT2D eigenvalue weighted by Crippen LogP contribution is 1.79. The van der Waals surface area contributed by atoms with Crippen LogP contribution in [0.4, 0.5) is 0 Å². The van der Waals surface area contributed by atoms with Gasteiger partial charge in [-0.05, 0) is 13.8 Å². The SMILES string of the molecule is COCCOCCN=C(N)NC(C)C.I. The Balaban J connectivity index is 0. The fraction of sp³-hybridized carbons (Fsp3) is 0.889. The van der Waals surface area contributed by atoms with Crippen LogP contribution in [0.15, 0.2) is 4.99 Å². The molecule has 0 amide bonds. The molecule has 5 nitrogen and oxygen atoms in total. The van der Waals surface area contributed by atoms with Gasteiger partial charge in [0.15, 0.2) is 5.96 Å². The molecule has 0 aliphatic rings. The van der Waals surface area contributed by atoms with Crippen LogP contribution in [0.25, 0.3) is 0 Å². The van der Waals surface area contributed by atoms with Crippen molar-refractivity contribution in [1.82, 2.24) is 5.32 Å². The first-order valence-electron chi connectivity index (χ1n) is 4.80. The minimum absolute atomic E-state index is 0. The van der Waals surface area contributed by atoms with Crippen LogP contribution < -0.4 is 11.1 Å². The average Bonchev–Trinajstić information content (AvgIpc) is 2.10. The van der Waals surface area contributed by atoms with E-state index in [1.165, 1.54) is 0 Å². The summed E-state index contributed by atoms with van der Waals surface area (Å²) in [5, 5.41) is 2.99. The monoisotopic (exact) mass is 331 g/mol. The normalized spacial score (nSPS) is 11.3. The molecule has 92 valence electrons. The van der Waals surface area contributed by atoms with Crippen molar-refractivity contribution < 1.29 is 9.47 Å². The van der Waals surface area contributed by atoms with Gasteiger partial charge >= 0.3 is 0 Å². The van der Waals surface area contributed by atoms with Gasteiger partial charge < -0.3 is 20.5 Å². The van der Waals surface area contributed by atoms with Crippen LogP contribution in [-0.2, 0) is 9.47 Å². The van der Waals surface area contributed by atoms with E-state index < -0.39 is 0 Å². The number of guanidine groups is 1. The van der Waals surface area contributed by atoms with Gasteiger partial charge in [-0.25, -0.2) is 0 Å². The van der Waals surface area contributed by atoms with Gasteiger partial charge in [0.25, 0.3) is 0 Å². The lowest BCUT2D eigenvalue weighted by atomic mass is 10.4. The Morgan fingerprint density at radius 1 is 1.33 bits per heavy atom. The second-order valence-electron chi connectivity index (χ2n) is 3.17. The molecular weight excluding hydrogens is 309 g/mol. The van der Waals surface area contributed by atoms with Crippen LogP contribution in [0.5, 0.6) is 0 Å². The molecule has 0 aromatic carbocycles. The van der Waals surface area contributed by atoms with Crippen LogP contribution in [0.2, 0.25) is 0 Å². The summed E-state index contributed by atoms with van der Waals surface area (Å²) >= 11 is 0. The summed E-state index contributed by atoms with van der Waals surface area (Å²) in [6.45, 7) is 6.39. The van der Waals surface area contributed by atoms with Gasteiger partial charge in [-0.3, -0.25) is 4.99 Å². The van der Waals surface area contributed by atoms with Crippen molar-refractivity contribution in [2.24, 2.45) is 10.7 Å². The second kappa shape index (κ2) is 12.0. The molecule has 0 radical (unpaired) electrons. The molecule has 0 unspecified atom stereocenters. The van der Waals surface area contributed by atoms with Crippen LogP contribution >= 0.6 is 24.0 Å². The lowest BCUT2D eigenvalue weighted by Gasteiger charge is -2.08. The van der Waals surface area contributed by atoms with Gasteiger partial charge in [0.05, 0.1) is 26.4 Å². The van der Waals surface area contributed by atoms with Crippen molar-refractivity contribution in [3.8, 4) is 0 Å². The van der Waals surface area contributed by atoms with E-state index in [-0.39, 0.29) is 24.0 Å². The Kier molecular flexibility index (Phi) is 13.8. The maximum absolute atomic E-state index is 5.57. The molecule has 6 heteroatoms. The summed E-state index contributed by atoms with van der Waals surface area (Å²) in [6.07, 6.45) is 0. The molecule has 0 saturated heterocycles. The Morgan fingerprint density at radius 3 is 2.53 bits per heavy atom. The van der Waals surface area contributed by atoms with Crippen molar-refractivity contribution in [3.63, 3.8) is 0 Å². The number of nitrogens with one attached hydrogen (secondary N) is 1. The number of hydrogen-bond acceptors (Lipinski definition) is 3. The number of aliphatic imine (C=N–C) groups is 1. The predicted molar refractivity (Wildman–Crippen MR) is 72.9 cm³/mol. The lowest BCUT2D eigenvalue weighted by Crippen LogP contribution is -2.37. The molecule has 0 heterocycles. The highest BCUT2D eigenvalue weighted by molar-refractivity contribution is 14.0. The summed E-state index contributed by atoms with van der Waals surface area (Å²) in [6, 6.07) is 0.313. The molecule has 0 aromatic heterocycles. The standard InChI is InChI=1S/C9H21N3O2.HI/c1-8(2)12-9(10)11-4-5-14-7-6-13-3;/h8H,4-7H2,1-3H3,(H3,10,11,12);1H. The number of methoxy groups -OCH3 is 1. The van der Waals surface area contributed by atoms with E-state index >= 15 is 0 Å². The highest BCUT2D eigenvalue weighted by atomic mass is 127. The van der Waals surface area contributed by atoms with Crippen LogP contribution in [0.1, 0.15) is 13.8 Å². The van der Waals surface area contributed by atoms with Crippen molar-refractivity contribution in [2.45, 2.75) is 19.9 Å². The zero-order valence-corrected chi connectivity index (χ0v) is 12.0. The van der Waals surface area contributed by atoms with E-state index in [1.54, 1.807) is 7.11 Å². The fourth-order valence-electron chi connectivity index (χ4n) is 0.816. The predicted octanol–water partition coefficient (Wildman–Crippen LogP) is 0.580. The number of nitrogens with zero attached hydrogens (tertiary/aromatic N) is 1.